The minimum Gasteiger partial charge on any atom is -0.329 e. The number of hydrogen-bond acceptors (Lipinski definition) is 4. The van der Waals surface area contributed by atoms with Gasteiger partial charge in [-0.2, -0.15) is 18.4 Å². The van der Waals surface area contributed by atoms with E-state index in [1.54, 1.807) is 0 Å². The molecule has 1 atom stereocenters. The highest BCUT2D eigenvalue weighted by molar-refractivity contribution is 7.89. The summed E-state index contributed by atoms with van der Waals surface area (Å²) >= 11 is 0. The van der Waals surface area contributed by atoms with Crippen LogP contribution in [0.5, 0.6) is 0 Å². The first-order valence-corrected chi connectivity index (χ1v) is 6.94. The zero-order chi connectivity index (χ0) is 15.6. The molecular weight excluding hydrogens is 331 g/mol. The molecule has 1 rings (SSSR count). The fourth-order valence-electron chi connectivity index (χ4n) is 1.40. The molecule has 0 heterocycles. The third-order valence-electron chi connectivity index (χ3n) is 2.44. The summed E-state index contributed by atoms with van der Waals surface area (Å²) in [5.74, 6) is 0. The van der Waals surface area contributed by atoms with Crippen molar-refractivity contribution in [3.05, 3.63) is 29.3 Å². The average Bonchev–Trinajstić information content (AvgIpc) is 2.36. The Labute approximate surface area is 126 Å². The van der Waals surface area contributed by atoms with Crippen LogP contribution in [0.15, 0.2) is 23.1 Å². The summed E-state index contributed by atoms with van der Waals surface area (Å²) in [5.41, 5.74) is 3.33. The third-order valence-corrected chi connectivity index (χ3v) is 4.02. The number of nitrogens with one attached hydrogen (secondary N) is 1. The van der Waals surface area contributed by atoms with Crippen molar-refractivity contribution in [3.63, 3.8) is 0 Å². The van der Waals surface area contributed by atoms with Gasteiger partial charge in [0.1, 0.15) is 0 Å². The summed E-state index contributed by atoms with van der Waals surface area (Å²) < 4.78 is 64.1. The van der Waals surface area contributed by atoms with Gasteiger partial charge in [-0.05, 0) is 25.1 Å². The van der Waals surface area contributed by atoms with Gasteiger partial charge < -0.3 is 5.73 Å². The number of benzene rings is 1. The number of nitrogens with two attached hydrogens (primary N) is 1. The molecule has 0 saturated heterocycles. The van der Waals surface area contributed by atoms with Crippen LogP contribution in [-0.2, 0) is 16.2 Å². The molecule has 0 amide bonds. The van der Waals surface area contributed by atoms with Gasteiger partial charge in [0.15, 0.2) is 0 Å². The Balaban J connectivity index is 0.00000400. The molecule has 0 aliphatic rings. The molecule has 1 aromatic carbocycles. The highest BCUT2D eigenvalue weighted by atomic mass is 35.5. The van der Waals surface area contributed by atoms with Crippen molar-refractivity contribution in [3.8, 4) is 6.07 Å². The van der Waals surface area contributed by atoms with E-state index >= 15 is 0 Å². The minimum atomic E-state index is -4.81. The van der Waals surface area contributed by atoms with Gasteiger partial charge in [0.2, 0.25) is 10.0 Å². The highest BCUT2D eigenvalue weighted by Crippen LogP contribution is 2.33. The first-order valence-electron chi connectivity index (χ1n) is 5.45. The van der Waals surface area contributed by atoms with Crippen molar-refractivity contribution >= 4 is 22.4 Å². The third kappa shape index (κ3) is 4.86. The largest absolute Gasteiger partial charge is 0.417 e. The summed E-state index contributed by atoms with van der Waals surface area (Å²) in [5, 5.41) is 8.63. The van der Waals surface area contributed by atoms with Crippen molar-refractivity contribution < 1.29 is 21.6 Å². The van der Waals surface area contributed by atoms with Crippen LogP contribution < -0.4 is 10.5 Å². The van der Waals surface area contributed by atoms with Crippen LogP contribution in [-0.4, -0.2) is 21.0 Å². The van der Waals surface area contributed by atoms with Gasteiger partial charge in [-0.3, -0.25) is 0 Å². The second-order valence-corrected chi connectivity index (χ2v) is 5.79. The molecule has 0 saturated carbocycles. The molecular formula is C11H13ClF3N3O2S. The summed E-state index contributed by atoms with van der Waals surface area (Å²) in [7, 11) is -4.12. The number of nitrogens with zero attached hydrogens (tertiary/aromatic N) is 1. The molecule has 3 N–H and O–H groups in total. The van der Waals surface area contributed by atoms with E-state index in [1.165, 1.54) is 13.0 Å². The maximum atomic E-state index is 12.7. The smallest absolute Gasteiger partial charge is 0.329 e. The Morgan fingerprint density at radius 2 is 2.00 bits per heavy atom. The lowest BCUT2D eigenvalue weighted by atomic mass is 10.1. The predicted octanol–water partition coefficient (Wildman–Crippen LogP) is 1.62. The summed E-state index contributed by atoms with van der Waals surface area (Å²) in [6.45, 7) is 1.48. The lowest BCUT2D eigenvalue weighted by Gasteiger charge is -2.14. The van der Waals surface area contributed by atoms with Gasteiger partial charge in [0, 0.05) is 12.6 Å². The Hall–Kier alpha value is -1.34. The van der Waals surface area contributed by atoms with Crippen molar-refractivity contribution in [2.24, 2.45) is 5.73 Å². The molecule has 0 spiro atoms. The van der Waals surface area contributed by atoms with Gasteiger partial charge in [-0.25, -0.2) is 13.1 Å². The van der Waals surface area contributed by atoms with Gasteiger partial charge in [0.25, 0.3) is 0 Å². The van der Waals surface area contributed by atoms with E-state index in [9.17, 15) is 21.6 Å². The molecule has 10 heteroatoms. The zero-order valence-corrected chi connectivity index (χ0v) is 12.4. The Morgan fingerprint density at radius 3 is 2.43 bits per heavy atom. The van der Waals surface area contributed by atoms with Crippen molar-refractivity contribution in [1.82, 2.24) is 4.72 Å². The average molecular weight is 344 g/mol. The van der Waals surface area contributed by atoms with Crippen LogP contribution in [0.25, 0.3) is 0 Å². The Bertz CT molecular complexity index is 641. The molecule has 21 heavy (non-hydrogen) atoms. The van der Waals surface area contributed by atoms with E-state index in [0.717, 1.165) is 12.1 Å². The molecule has 118 valence electrons. The van der Waals surface area contributed by atoms with Crippen molar-refractivity contribution in [1.29, 1.82) is 5.26 Å². The number of halogens is 4. The molecule has 0 bridgehead atoms. The van der Waals surface area contributed by atoms with E-state index in [2.05, 4.69) is 4.72 Å². The van der Waals surface area contributed by atoms with Crippen LogP contribution >= 0.6 is 12.4 Å². The van der Waals surface area contributed by atoms with Crippen LogP contribution in [0.2, 0.25) is 0 Å². The van der Waals surface area contributed by atoms with Gasteiger partial charge in [0.05, 0.1) is 22.1 Å². The SMILES string of the molecule is C[C@@H](CN)NS(=O)(=O)c1ccc(C#N)c(C(F)(F)F)c1.Cl. The van der Waals surface area contributed by atoms with Crippen LogP contribution in [0.4, 0.5) is 13.2 Å². The van der Waals surface area contributed by atoms with E-state index in [0.29, 0.717) is 6.07 Å². The molecule has 0 radical (unpaired) electrons. The van der Waals surface area contributed by atoms with Crippen molar-refractivity contribution in [2.75, 3.05) is 6.54 Å². The quantitative estimate of drug-likeness (QED) is 0.868. The fourth-order valence-corrected chi connectivity index (χ4v) is 2.69. The molecule has 0 aliphatic heterocycles. The summed E-state index contributed by atoms with van der Waals surface area (Å²) in [6, 6.07) is 2.96. The maximum Gasteiger partial charge on any atom is 0.417 e. The molecule has 0 aliphatic carbocycles. The second-order valence-electron chi connectivity index (χ2n) is 4.07. The lowest BCUT2D eigenvalue weighted by Crippen LogP contribution is -2.37. The van der Waals surface area contributed by atoms with Crippen LogP contribution in [0, 0.1) is 11.3 Å². The van der Waals surface area contributed by atoms with Crippen LogP contribution in [0.1, 0.15) is 18.1 Å². The molecule has 5 nitrogen and oxygen atoms in total. The number of alkyl halides is 3. The zero-order valence-electron chi connectivity index (χ0n) is 10.8. The number of sulfonamides is 1. The summed E-state index contributed by atoms with van der Waals surface area (Å²) in [6.07, 6.45) is -4.81. The Kier molecular flexibility index (Phi) is 6.63. The number of hydrogen-bond donors (Lipinski definition) is 2. The molecule has 0 unspecified atom stereocenters. The highest BCUT2D eigenvalue weighted by Gasteiger charge is 2.35. The normalized spacial score (nSPS) is 13.1. The van der Waals surface area contributed by atoms with E-state index in [4.69, 9.17) is 11.0 Å². The molecule has 0 fully saturated rings. The molecule has 1 aromatic rings. The van der Waals surface area contributed by atoms with Crippen molar-refractivity contribution in [2.45, 2.75) is 24.0 Å². The van der Waals surface area contributed by atoms with E-state index in [1.807, 2.05) is 0 Å². The monoisotopic (exact) mass is 343 g/mol. The van der Waals surface area contributed by atoms with E-state index < -0.39 is 38.3 Å². The van der Waals surface area contributed by atoms with Gasteiger partial charge in [-0.15, -0.1) is 12.4 Å². The van der Waals surface area contributed by atoms with Crippen LogP contribution in [0.3, 0.4) is 0 Å². The first-order chi connectivity index (χ1) is 9.11. The number of rotatable bonds is 4. The lowest BCUT2D eigenvalue weighted by molar-refractivity contribution is -0.137. The first kappa shape index (κ1) is 19.7. The standard InChI is InChI=1S/C11H12F3N3O2S.ClH/c1-7(5-15)17-20(18,19)9-3-2-8(6-16)10(4-9)11(12,13)14;/h2-4,7,17H,5,15H2,1H3;1H/t7-;/m0./s1. The Morgan fingerprint density at radius 1 is 1.43 bits per heavy atom. The fraction of sp³-hybridized carbons (Fsp3) is 0.364. The molecule has 0 aromatic heterocycles. The summed E-state index contributed by atoms with van der Waals surface area (Å²) in [4.78, 5) is -0.566. The topological polar surface area (TPSA) is 96.0 Å². The van der Waals surface area contributed by atoms with E-state index in [-0.39, 0.29) is 19.0 Å². The number of nitriles is 1. The minimum absolute atomic E-state index is 0. The van der Waals surface area contributed by atoms with Gasteiger partial charge >= 0.3 is 6.18 Å². The second kappa shape index (κ2) is 7.09. The predicted molar refractivity (Wildman–Crippen MR) is 72.2 cm³/mol. The maximum absolute atomic E-state index is 12.7. The van der Waals surface area contributed by atoms with Gasteiger partial charge in [-0.1, -0.05) is 0 Å².